The number of rotatable bonds is 16. The van der Waals surface area contributed by atoms with E-state index < -0.39 is 0 Å². The molecule has 0 fully saturated rings. The molecule has 0 saturated heterocycles. The molecule has 1 aromatic heterocycles. The van der Waals surface area contributed by atoms with Gasteiger partial charge in [0.05, 0.1) is 31.0 Å². The van der Waals surface area contributed by atoms with Crippen molar-refractivity contribution in [2.75, 3.05) is 58.5 Å². The number of carbonyl (C=O) groups is 1. The SMILES string of the molecule is C=C(CCCNC)N(CCOCCNC)c1c(C)cnc2ccccc12.O=CCOCc1ccccc1. The zero-order valence-corrected chi connectivity index (χ0v) is 22.5. The van der Waals surface area contributed by atoms with Crippen molar-refractivity contribution in [1.29, 1.82) is 0 Å². The lowest BCUT2D eigenvalue weighted by molar-refractivity contribution is -0.112. The number of allylic oxidation sites excluding steroid dienone is 1. The van der Waals surface area contributed by atoms with E-state index in [2.05, 4.69) is 52.2 Å². The smallest absolute Gasteiger partial charge is 0.145 e. The second kappa shape index (κ2) is 18.2. The minimum atomic E-state index is 0.175. The van der Waals surface area contributed by atoms with Gasteiger partial charge in [-0.1, -0.05) is 55.1 Å². The number of hydrogen-bond donors (Lipinski definition) is 2. The molecular weight excluding hydrogens is 464 g/mol. The highest BCUT2D eigenvalue weighted by Crippen LogP contribution is 2.32. The summed E-state index contributed by atoms with van der Waals surface area (Å²) in [4.78, 5) is 16.8. The van der Waals surface area contributed by atoms with Gasteiger partial charge in [-0.15, -0.1) is 0 Å². The van der Waals surface area contributed by atoms with E-state index >= 15 is 0 Å². The minimum absolute atomic E-state index is 0.175. The molecule has 0 amide bonds. The first-order valence-corrected chi connectivity index (χ1v) is 12.8. The summed E-state index contributed by atoms with van der Waals surface area (Å²) in [5, 5.41) is 7.48. The van der Waals surface area contributed by atoms with E-state index in [9.17, 15) is 4.79 Å². The lowest BCUT2D eigenvalue weighted by Gasteiger charge is -2.29. The Hall–Kier alpha value is -3.10. The van der Waals surface area contributed by atoms with E-state index in [1.165, 1.54) is 5.69 Å². The summed E-state index contributed by atoms with van der Waals surface area (Å²) in [6.45, 7) is 11.2. The Morgan fingerprint density at radius 1 is 1.00 bits per heavy atom. The highest BCUT2D eigenvalue weighted by molar-refractivity contribution is 5.93. The number of nitrogens with one attached hydrogen (secondary N) is 2. The number of likely N-dealkylation sites (N-methyl/N-ethyl adjacent to an activating group) is 1. The summed E-state index contributed by atoms with van der Waals surface area (Å²) < 4.78 is 10.8. The number of pyridine rings is 1. The van der Waals surface area contributed by atoms with Crippen LogP contribution in [0.4, 0.5) is 5.69 Å². The van der Waals surface area contributed by atoms with Crippen LogP contribution in [0, 0.1) is 6.92 Å². The van der Waals surface area contributed by atoms with Crippen LogP contribution in [0.15, 0.2) is 73.1 Å². The Morgan fingerprint density at radius 2 is 1.73 bits per heavy atom. The number of ether oxygens (including phenoxy) is 2. The number of para-hydroxylation sites is 1. The predicted molar refractivity (Wildman–Crippen MR) is 153 cm³/mol. The maximum absolute atomic E-state index is 9.87. The molecule has 0 bridgehead atoms. The molecule has 0 radical (unpaired) electrons. The lowest BCUT2D eigenvalue weighted by atomic mass is 10.1. The van der Waals surface area contributed by atoms with E-state index in [-0.39, 0.29) is 6.61 Å². The molecule has 2 N–H and O–H groups in total. The Bertz CT molecular complexity index is 1060. The second-order valence-corrected chi connectivity index (χ2v) is 8.62. The number of fused-ring (bicyclic) bond motifs is 1. The summed E-state index contributed by atoms with van der Waals surface area (Å²) in [7, 11) is 3.92. The van der Waals surface area contributed by atoms with Crippen LogP contribution in [0.2, 0.25) is 0 Å². The highest BCUT2D eigenvalue weighted by atomic mass is 16.5. The van der Waals surface area contributed by atoms with Gasteiger partial charge < -0.3 is 29.8 Å². The van der Waals surface area contributed by atoms with E-state index in [1.54, 1.807) is 0 Å². The van der Waals surface area contributed by atoms with Crippen LogP contribution in [0.3, 0.4) is 0 Å². The molecule has 2 aromatic carbocycles. The van der Waals surface area contributed by atoms with Crippen LogP contribution >= 0.6 is 0 Å². The summed E-state index contributed by atoms with van der Waals surface area (Å²) >= 11 is 0. The Labute approximate surface area is 221 Å². The maximum Gasteiger partial charge on any atom is 0.145 e. The number of anilines is 1. The van der Waals surface area contributed by atoms with Gasteiger partial charge in [-0.2, -0.15) is 0 Å². The van der Waals surface area contributed by atoms with Crippen LogP contribution in [-0.2, 0) is 20.9 Å². The first-order valence-electron chi connectivity index (χ1n) is 12.8. The molecule has 3 aromatic rings. The predicted octanol–water partition coefficient (Wildman–Crippen LogP) is 4.50. The van der Waals surface area contributed by atoms with E-state index in [1.807, 2.05) is 56.7 Å². The average molecular weight is 507 g/mol. The van der Waals surface area contributed by atoms with E-state index in [4.69, 9.17) is 9.47 Å². The number of aromatic nitrogens is 1. The van der Waals surface area contributed by atoms with Crippen LogP contribution in [-0.4, -0.2) is 64.8 Å². The van der Waals surface area contributed by atoms with Crippen molar-refractivity contribution in [3.05, 3.63) is 84.2 Å². The topological polar surface area (TPSA) is 75.7 Å². The first-order chi connectivity index (χ1) is 18.1. The van der Waals surface area contributed by atoms with Gasteiger partial charge in [0.2, 0.25) is 0 Å². The number of hydrogen-bond acceptors (Lipinski definition) is 7. The molecule has 0 aliphatic heterocycles. The minimum Gasteiger partial charge on any atom is -0.378 e. The standard InChI is InChI=1S/C21H32N4O.C9H10O2/c1-17-16-24-20-10-6-5-9-19(20)21(17)25(13-15-26-14-12-23-4)18(2)8-7-11-22-3;10-6-7-11-8-9-4-2-1-3-5-9/h5-6,9-10,16,22-23H,2,7-8,11-15H2,1,3-4H3;1-6H,7-8H2. The van der Waals surface area contributed by atoms with Crippen molar-refractivity contribution < 1.29 is 14.3 Å². The molecular formula is C30H42N4O3. The van der Waals surface area contributed by atoms with Crippen molar-refractivity contribution in [1.82, 2.24) is 15.6 Å². The highest BCUT2D eigenvalue weighted by Gasteiger charge is 2.16. The number of aldehydes is 1. The van der Waals surface area contributed by atoms with Gasteiger partial charge in [-0.05, 0) is 57.6 Å². The number of carbonyl (C=O) groups excluding carboxylic acids is 1. The quantitative estimate of drug-likeness (QED) is 0.219. The third-order valence-electron chi connectivity index (χ3n) is 5.73. The number of aryl methyl sites for hydroxylation is 1. The average Bonchev–Trinajstić information content (AvgIpc) is 2.92. The van der Waals surface area contributed by atoms with Crippen LogP contribution < -0.4 is 15.5 Å². The Kier molecular flexibility index (Phi) is 14.8. The van der Waals surface area contributed by atoms with Crippen LogP contribution in [0.1, 0.15) is 24.0 Å². The molecule has 37 heavy (non-hydrogen) atoms. The summed E-state index contributed by atoms with van der Waals surface area (Å²) in [6, 6.07) is 18.1. The third-order valence-corrected chi connectivity index (χ3v) is 5.73. The molecule has 7 nitrogen and oxygen atoms in total. The molecule has 0 saturated carbocycles. The summed E-state index contributed by atoms with van der Waals surface area (Å²) in [6.07, 6.45) is 4.72. The largest absolute Gasteiger partial charge is 0.378 e. The lowest BCUT2D eigenvalue weighted by Crippen LogP contribution is -2.29. The fraction of sp³-hybridized carbons (Fsp3) is 0.400. The van der Waals surface area contributed by atoms with E-state index in [0.29, 0.717) is 19.8 Å². The van der Waals surface area contributed by atoms with E-state index in [0.717, 1.165) is 66.5 Å². The van der Waals surface area contributed by atoms with Crippen molar-refractivity contribution in [2.45, 2.75) is 26.4 Å². The van der Waals surface area contributed by atoms with Gasteiger partial charge in [0.1, 0.15) is 12.9 Å². The molecule has 0 aliphatic rings. The fourth-order valence-corrected chi connectivity index (χ4v) is 3.85. The molecule has 0 atom stereocenters. The fourth-order valence-electron chi connectivity index (χ4n) is 3.85. The van der Waals surface area contributed by atoms with Gasteiger partial charge in [0.15, 0.2) is 0 Å². The maximum atomic E-state index is 9.87. The van der Waals surface area contributed by atoms with Gasteiger partial charge >= 0.3 is 0 Å². The Balaban J connectivity index is 0.000000364. The van der Waals surface area contributed by atoms with Crippen molar-refractivity contribution in [3.8, 4) is 0 Å². The van der Waals surface area contributed by atoms with Gasteiger partial charge in [-0.3, -0.25) is 4.98 Å². The molecule has 3 rings (SSSR count). The molecule has 0 spiro atoms. The number of benzene rings is 2. The number of nitrogens with zero attached hydrogens (tertiary/aromatic N) is 2. The molecule has 1 heterocycles. The molecule has 0 aliphatic carbocycles. The zero-order valence-electron chi connectivity index (χ0n) is 22.5. The molecule has 200 valence electrons. The molecule has 0 unspecified atom stereocenters. The monoisotopic (exact) mass is 506 g/mol. The van der Waals surface area contributed by atoms with Crippen molar-refractivity contribution in [2.24, 2.45) is 0 Å². The summed E-state index contributed by atoms with van der Waals surface area (Å²) in [5.41, 5.74) is 5.58. The third kappa shape index (κ3) is 10.8. The Morgan fingerprint density at radius 3 is 2.46 bits per heavy atom. The van der Waals surface area contributed by atoms with Crippen LogP contribution in [0.25, 0.3) is 10.9 Å². The second-order valence-electron chi connectivity index (χ2n) is 8.62. The van der Waals surface area contributed by atoms with Crippen molar-refractivity contribution in [3.63, 3.8) is 0 Å². The first kappa shape index (κ1) is 30.1. The van der Waals surface area contributed by atoms with Gasteiger partial charge in [0.25, 0.3) is 0 Å². The zero-order chi connectivity index (χ0) is 26.7. The normalized spacial score (nSPS) is 10.6. The molecule has 7 heteroatoms. The van der Waals surface area contributed by atoms with Crippen LogP contribution in [0.5, 0.6) is 0 Å². The summed E-state index contributed by atoms with van der Waals surface area (Å²) in [5.74, 6) is 0. The van der Waals surface area contributed by atoms with Crippen molar-refractivity contribution >= 4 is 22.9 Å². The van der Waals surface area contributed by atoms with Gasteiger partial charge in [0, 0.05) is 30.4 Å². The van der Waals surface area contributed by atoms with Gasteiger partial charge in [-0.25, -0.2) is 0 Å².